The molecule has 1 heterocycles. The van der Waals surface area contributed by atoms with Crippen molar-refractivity contribution in [3.05, 3.63) is 65.2 Å². The zero-order valence-corrected chi connectivity index (χ0v) is 14.0. The van der Waals surface area contributed by atoms with E-state index < -0.39 is 0 Å². The van der Waals surface area contributed by atoms with Gasteiger partial charge in [-0.25, -0.2) is 0 Å². The van der Waals surface area contributed by atoms with Crippen molar-refractivity contribution in [2.75, 3.05) is 13.7 Å². The van der Waals surface area contributed by atoms with Gasteiger partial charge < -0.3 is 15.4 Å². The van der Waals surface area contributed by atoms with Crippen molar-refractivity contribution in [3.8, 4) is 5.75 Å². The van der Waals surface area contributed by atoms with Crippen molar-refractivity contribution in [3.63, 3.8) is 0 Å². The first kappa shape index (κ1) is 16.0. The lowest BCUT2D eigenvalue weighted by molar-refractivity contribution is 0.303. The van der Waals surface area contributed by atoms with Gasteiger partial charge in [-0.3, -0.25) is 0 Å². The van der Waals surface area contributed by atoms with E-state index in [9.17, 15) is 0 Å². The quantitative estimate of drug-likeness (QED) is 0.885. The molecule has 0 saturated carbocycles. The van der Waals surface area contributed by atoms with Gasteiger partial charge in [0.1, 0.15) is 5.75 Å². The highest BCUT2D eigenvalue weighted by atomic mass is 16.5. The van der Waals surface area contributed by atoms with Crippen molar-refractivity contribution in [2.24, 2.45) is 0 Å². The number of rotatable bonds is 5. The molecule has 1 saturated heterocycles. The Balaban J connectivity index is 1.72. The van der Waals surface area contributed by atoms with Gasteiger partial charge in [-0.1, -0.05) is 48.0 Å². The Kier molecular flexibility index (Phi) is 5.31. The van der Waals surface area contributed by atoms with Gasteiger partial charge >= 0.3 is 0 Å². The monoisotopic (exact) mass is 310 g/mol. The van der Waals surface area contributed by atoms with E-state index in [1.807, 2.05) is 0 Å². The average molecular weight is 310 g/mol. The summed E-state index contributed by atoms with van der Waals surface area (Å²) in [6, 6.07) is 17.9. The van der Waals surface area contributed by atoms with Crippen LogP contribution in [0.4, 0.5) is 0 Å². The van der Waals surface area contributed by atoms with E-state index in [1.165, 1.54) is 29.5 Å². The van der Waals surface area contributed by atoms with E-state index in [4.69, 9.17) is 4.74 Å². The Morgan fingerprint density at radius 2 is 2.00 bits per heavy atom. The van der Waals surface area contributed by atoms with Crippen LogP contribution < -0.4 is 15.4 Å². The number of aryl methyl sites for hydroxylation is 1. The van der Waals surface area contributed by atoms with Gasteiger partial charge in [0.05, 0.1) is 7.11 Å². The standard InChI is InChI=1S/C20H26N2O/c1-15-10-11-19(23-2)17(13-15)14-22-18-9-6-12-21-20(18)16-7-4-3-5-8-16/h3-5,7-8,10-11,13,18,20-22H,6,9,12,14H2,1-2H3. The number of benzene rings is 2. The molecule has 1 aliphatic heterocycles. The molecular formula is C20H26N2O. The molecule has 0 aromatic heterocycles. The van der Waals surface area contributed by atoms with Crippen LogP contribution >= 0.6 is 0 Å². The Morgan fingerprint density at radius 3 is 2.78 bits per heavy atom. The smallest absolute Gasteiger partial charge is 0.123 e. The highest BCUT2D eigenvalue weighted by Gasteiger charge is 2.25. The summed E-state index contributed by atoms with van der Waals surface area (Å²) in [6.07, 6.45) is 2.41. The number of nitrogens with one attached hydrogen (secondary N) is 2. The van der Waals surface area contributed by atoms with Gasteiger partial charge in [0.25, 0.3) is 0 Å². The third-order valence-electron chi connectivity index (χ3n) is 4.61. The minimum absolute atomic E-state index is 0.376. The largest absolute Gasteiger partial charge is 0.496 e. The minimum atomic E-state index is 0.376. The number of hydrogen-bond donors (Lipinski definition) is 2. The number of methoxy groups -OCH3 is 1. The summed E-state index contributed by atoms with van der Waals surface area (Å²) in [4.78, 5) is 0. The molecule has 3 nitrogen and oxygen atoms in total. The van der Waals surface area contributed by atoms with E-state index in [0.717, 1.165) is 18.8 Å². The highest BCUT2D eigenvalue weighted by Crippen LogP contribution is 2.25. The first-order valence-electron chi connectivity index (χ1n) is 8.43. The third kappa shape index (κ3) is 3.92. The SMILES string of the molecule is COc1ccc(C)cc1CNC1CCCNC1c1ccccc1. The highest BCUT2D eigenvalue weighted by molar-refractivity contribution is 5.36. The molecule has 2 N–H and O–H groups in total. The summed E-state index contributed by atoms with van der Waals surface area (Å²) in [5, 5.41) is 7.41. The Labute approximate surface area is 139 Å². The predicted octanol–water partition coefficient (Wildman–Crippen LogP) is 3.59. The van der Waals surface area contributed by atoms with Crippen molar-refractivity contribution in [1.82, 2.24) is 10.6 Å². The molecule has 122 valence electrons. The van der Waals surface area contributed by atoms with Crippen LogP contribution in [-0.4, -0.2) is 19.7 Å². The Bertz CT molecular complexity index is 627. The zero-order chi connectivity index (χ0) is 16.1. The average Bonchev–Trinajstić information content (AvgIpc) is 2.61. The van der Waals surface area contributed by atoms with Crippen LogP contribution in [0, 0.1) is 6.92 Å². The molecule has 1 fully saturated rings. The molecule has 3 heteroatoms. The van der Waals surface area contributed by atoms with Crippen molar-refractivity contribution in [2.45, 2.75) is 38.4 Å². The fourth-order valence-corrected chi connectivity index (χ4v) is 3.41. The molecule has 0 spiro atoms. The van der Waals surface area contributed by atoms with Gasteiger partial charge in [0.2, 0.25) is 0 Å². The summed E-state index contributed by atoms with van der Waals surface area (Å²) in [7, 11) is 1.74. The molecule has 23 heavy (non-hydrogen) atoms. The van der Waals surface area contributed by atoms with Crippen molar-refractivity contribution < 1.29 is 4.74 Å². The molecule has 2 atom stereocenters. The van der Waals surface area contributed by atoms with Crippen LogP contribution in [0.3, 0.4) is 0 Å². The van der Waals surface area contributed by atoms with E-state index in [-0.39, 0.29) is 0 Å². The fourth-order valence-electron chi connectivity index (χ4n) is 3.41. The van der Waals surface area contributed by atoms with Gasteiger partial charge in [0, 0.05) is 24.2 Å². The number of hydrogen-bond acceptors (Lipinski definition) is 3. The molecule has 2 aromatic rings. The van der Waals surface area contributed by atoms with Crippen LogP contribution in [0.25, 0.3) is 0 Å². The second kappa shape index (κ2) is 7.62. The minimum Gasteiger partial charge on any atom is -0.496 e. The normalized spacial score (nSPS) is 21.1. The maximum Gasteiger partial charge on any atom is 0.123 e. The third-order valence-corrected chi connectivity index (χ3v) is 4.61. The van der Waals surface area contributed by atoms with Crippen LogP contribution in [0.5, 0.6) is 5.75 Å². The summed E-state index contributed by atoms with van der Waals surface area (Å²) in [5.74, 6) is 0.961. The molecule has 2 unspecified atom stereocenters. The van der Waals surface area contributed by atoms with Crippen LogP contribution in [0.15, 0.2) is 48.5 Å². The molecular weight excluding hydrogens is 284 g/mol. The van der Waals surface area contributed by atoms with Crippen LogP contribution in [0.1, 0.15) is 35.6 Å². The van der Waals surface area contributed by atoms with E-state index in [1.54, 1.807) is 7.11 Å². The lowest BCUT2D eigenvalue weighted by Gasteiger charge is -2.34. The Morgan fingerprint density at radius 1 is 1.17 bits per heavy atom. The fraction of sp³-hybridized carbons (Fsp3) is 0.400. The molecule has 2 aromatic carbocycles. The molecule has 0 amide bonds. The molecule has 0 bridgehead atoms. The molecule has 1 aliphatic rings. The zero-order valence-electron chi connectivity index (χ0n) is 14.0. The lowest BCUT2D eigenvalue weighted by Crippen LogP contribution is -2.45. The number of piperidine rings is 1. The van der Waals surface area contributed by atoms with Crippen LogP contribution in [0.2, 0.25) is 0 Å². The molecule has 0 radical (unpaired) electrons. The van der Waals surface area contributed by atoms with Gasteiger partial charge in [-0.15, -0.1) is 0 Å². The second-order valence-corrected chi connectivity index (χ2v) is 6.29. The van der Waals surface area contributed by atoms with Crippen molar-refractivity contribution in [1.29, 1.82) is 0 Å². The summed E-state index contributed by atoms with van der Waals surface area (Å²) in [6.45, 7) is 4.05. The Hall–Kier alpha value is -1.84. The van der Waals surface area contributed by atoms with E-state index in [0.29, 0.717) is 12.1 Å². The van der Waals surface area contributed by atoms with E-state index >= 15 is 0 Å². The molecule has 3 rings (SSSR count). The lowest BCUT2D eigenvalue weighted by atomic mass is 9.92. The summed E-state index contributed by atoms with van der Waals surface area (Å²) < 4.78 is 5.50. The van der Waals surface area contributed by atoms with Gasteiger partial charge in [0.15, 0.2) is 0 Å². The molecule has 0 aliphatic carbocycles. The maximum absolute atomic E-state index is 5.50. The topological polar surface area (TPSA) is 33.3 Å². The second-order valence-electron chi connectivity index (χ2n) is 6.29. The first-order valence-corrected chi connectivity index (χ1v) is 8.43. The van der Waals surface area contributed by atoms with Crippen LogP contribution in [-0.2, 0) is 6.54 Å². The van der Waals surface area contributed by atoms with Crippen molar-refractivity contribution >= 4 is 0 Å². The predicted molar refractivity (Wildman–Crippen MR) is 94.8 cm³/mol. The summed E-state index contributed by atoms with van der Waals surface area (Å²) >= 11 is 0. The maximum atomic E-state index is 5.50. The summed E-state index contributed by atoms with van der Waals surface area (Å²) in [5.41, 5.74) is 3.86. The number of ether oxygens (including phenoxy) is 1. The van der Waals surface area contributed by atoms with E-state index in [2.05, 4.69) is 66.1 Å². The van der Waals surface area contributed by atoms with Gasteiger partial charge in [-0.05, 0) is 37.9 Å². The first-order chi connectivity index (χ1) is 11.3. The van der Waals surface area contributed by atoms with Gasteiger partial charge in [-0.2, -0.15) is 0 Å².